The number of nitrogens with one attached hydrogen (secondary N) is 1. The van der Waals surface area contributed by atoms with E-state index in [1.165, 1.54) is 24.2 Å². The maximum absolute atomic E-state index is 12.0. The number of nitrogens with zero attached hydrogens (tertiary/aromatic N) is 2. The largest absolute Gasteiger partial charge is 0.399 e. The molecule has 0 bridgehead atoms. The smallest absolute Gasteiger partial charge is 0.257 e. The molecule has 0 radical (unpaired) electrons. The number of hydrogen-bond acceptors (Lipinski definition) is 5. The zero-order valence-electron chi connectivity index (χ0n) is 11.8. The van der Waals surface area contributed by atoms with Crippen LogP contribution in [0.15, 0.2) is 24.3 Å². The molecule has 0 atom stereocenters. The summed E-state index contributed by atoms with van der Waals surface area (Å²) in [7, 11) is 0. The van der Waals surface area contributed by atoms with E-state index < -0.39 is 0 Å². The normalized spacial score (nSPS) is 9.95. The SMILES string of the molecule is CCCCCc1nnc(NC(=O)c2cccc(N)c2)s1.Cl. The summed E-state index contributed by atoms with van der Waals surface area (Å²) < 4.78 is 0. The number of carbonyl (C=O) groups is 1. The number of amides is 1. The van der Waals surface area contributed by atoms with Gasteiger partial charge < -0.3 is 5.73 Å². The van der Waals surface area contributed by atoms with Gasteiger partial charge in [-0.05, 0) is 24.6 Å². The molecule has 0 aliphatic rings. The van der Waals surface area contributed by atoms with Crippen molar-refractivity contribution in [3.63, 3.8) is 0 Å². The Morgan fingerprint density at radius 3 is 2.86 bits per heavy atom. The third-order valence-corrected chi connectivity index (χ3v) is 3.73. The van der Waals surface area contributed by atoms with Crippen LogP contribution in [0.5, 0.6) is 0 Å². The number of nitrogens with two attached hydrogens (primary N) is 1. The van der Waals surface area contributed by atoms with Crippen LogP contribution in [0.25, 0.3) is 0 Å². The molecule has 1 amide bonds. The van der Waals surface area contributed by atoms with Gasteiger partial charge in [-0.3, -0.25) is 10.1 Å². The molecule has 5 nitrogen and oxygen atoms in total. The molecular formula is C14H19ClN4OS. The van der Waals surface area contributed by atoms with Gasteiger partial charge in [-0.25, -0.2) is 0 Å². The highest BCUT2D eigenvalue weighted by molar-refractivity contribution is 7.15. The molecule has 0 fully saturated rings. The fourth-order valence-corrected chi connectivity index (χ4v) is 2.56. The number of carbonyl (C=O) groups excluding carboxylic acids is 1. The molecule has 3 N–H and O–H groups in total. The predicted molar refractivity (Wildman–Crippen MR) is 89.2 cm³/mol. The van der Waals surface area contributed by atoms with Crippen LogP contribution in [0.2, 0.25) is 0 Å². The highest BCUT2D eigenvalue weighted by Gasteiger charge is 2.10. The van der Waals surface area contributed by atoms with Crippen molar-refractivity contribution in [1.29, 1.82) is 0 Å². The van der Waals surface area contributed by atoms with Crippen molar-refractivity contribution >= 4 is 40.5 Å². The van der Waals surface area contributed by atoms with Gasteiger partial charge in [-0.15, -0.1) is 22.6 Å². The van der Waals surface area contributed by atoms with Crippen LogP contribution in [0.1, 0.15) is 41.6 Å². The average Bonchev–Trinajstić information content (AvgIpc) is 2.86. The molecular weight excluding hydrogens is 308 g/mol. The molecule has 1 aromatic carbocycles. The van der Waals surface area contributed by atoms with Crippen LogP contribution in [0.4, 0.5) is 10.8 Å². The minimum absolute atomic E-state index is 0. The van der Waals surface area contributed by atoms with Gasteiger partial charge in [0, 0.05) is 17.7 Å². The minimum atomic E-state index is -0.214. The zero-order valence-corrected chi connectivity index (χ0v) is 13.5. The molecule has 0 spiro atoms. The van der Waals surface area contributed by atoms with Crippen LogP contribution >= 0.6 is 23.7 Å². The van der Waals surface area contributed by atoms with Crippen LogP contribution in [0, 0.1) is 0 Å². The molecule has 0 unspecified atom stereocenters. The van der Waals surface area contributed by atoms with Crippen molar-refractivity contribution in [3.8, 4) is 0 Å². The lowest BCUT2D eigenvalue weighted by atomic mass is 10.2. The van der Waals surface area contributed by atoms with Crippen molar-refractivity contribution in [2.45, 2.75) is 32.6 Å². The Labute approximate surface area is 134 Å². The number of benzene rings is 1. The summed E-state index contributed by atoms with van der Waals surface area (Å²) in [6, 6.07) is 6.85. The number of halogens is 1. The lowest BCUT2D eigenvalue weighted by Crippen LogP contribution is -2.11. The number of anilines is 2. The fourth-order valence-electron chi connectivity index (χ4n) is 1.78. The number of rotatable bonds is 6. The van der Waals surface area contributed by atoms with Crippen LogP contribution < -0.4 is 11.1 Å². The molecule has 0 aliphatic carbocycles. The van der Waals surface area contributed by atoms with Crippen LogP contribution in [-0.4, -0.2) is 16.1 Å². The molecule has 114 valence electrons. The first-order valence-electron chi connectivity index (χ1n) is 6.68. The number of unbranched alkanes of at least 4 members (excludes halogenated alkanes) is 2. The number of hydrogen-bond donors (Lipinski definition) is 2. The van der Waals surface area contributed by atoms with E-state index in [0.717, 1.165) is 17.8 Å². The minimum Gasteiger partial charge on any atom is -0.399 e. The molecule has 2 aromatic rings. The molecule has 0 saturated heterocycles. The first-order valence-corrected chi connectivity index (χ1v) is 7.50. The second-order valence-corrected chi connectivity index (χ2v) is 5.60. The first-order chi connectivity index (χ1) is 9.69. The van der Waals surface area contributed by atoms with Crippen LogP contribution in [-0.2, 0) is 6.42 Å². The van der Waals surface area contributed by atoms with Gasteiger partial charge in [-0.1, -0.05) is 37.2 Å². The Balaban J connectivity index is 0.00000220. The predicted octanol–water partition coefficient (Wildman–Crippen LogP) is 3.53. The maximum Gasteiger partial charge on any atom is 0.257 e. The van der Waals surface area contributed by atoms with E-state index in [9.17, 15) is 4.79 Å². The molecule has 7 heteroatoms. The summed E-state index contributed by atoms with van der Waals surface area (Å²) >= 11 is 1.43. The van der Waals surface area contributed by atoms with E-state index in [1.807, 2.05) is 0 Å². The number of nitrogen functional groups attached to an aromatic ring is 1. The van der Waals surface area contributed by atoms with E-state index in [1.54, 1.807) is 24.3 Å². The van der Waals surface area contributed by atoms with Gasteiger partial charge in [-0.2, -0.15) is 0 Å². The molecule has 21 heavy (non-hydrogen) atoms. The third kappa shape index (κ3) is 5.32. The van der Waals surface area contributed by atoms with Crippen molar-refractivity contribution in [2.24, 2.45) is 0 Å². The summed E-state index contributed by atoms with van der Waals surface area (Å²) in [4.78, 5) is 12.0. The number of aryl methyl sites for hydroxylation is 1. The summed E-state index contributed by atoms with van der Waals surface area (Å²) in [5.74, 6) is -0.214. The summed E-state index contributed by atoms with van der Waals surface area (Å²) in [5, 5.41) is 12.3. The van der Waals surface area contributed by atoms with Gasteiger partial charge in [0.15, 0.2) is 0 Å². The highest BCUT2D eigenvalue weighted by Crippen LogP contribution is 2.18. The Morgan fingerprint density at radius 1 is 1.33 bits per heavy atom. The van der Waals surface area contributed by atoms with Gasteiger partial charge in [0.2, 0.25) is 5.13 Å². The van der Waals surface area contributed by atoms with E-state index in [0.29, 0.717) is 16.4 Å². The molecule has 0 aliphatic heterocycles. The Bertz CT molecular complexity index is 588. The zero-order chi connectivity index (χ0) is 14.4. The van der Waals surface area contributed by atoms with Crippen molar-refractivity contribution in [3.05, 3.63) is 34.8 Å². The van der Waals surface area contributed by atoms with Crippen LogP contribution in [0.3, 0.4) is 0 Å². The molecule has 1 aromatic heterocycles. The second-order valence-electron chi connectivity index (χ2n) is 4.54. The van der Waals surface area contributed by atoms with Crippen molar-refractivity contribution in [2.75, 3.05) is 11.1 Å². The van der Waals surface area contributed by atoms with E-state index >= 15 is 0 Å². The average molecular weight is 327 g/mol. The molecule has 2 rings (SSSR count). The highest BCUT2D eigenvalue weighted by atomic mass is 35.5. The van der Waals surface area contributed by atoms with Crippen molar-refractivity contribution in [1.82, 2.24) is 10.2 Å². The Hall–Kier alpha value is -1.66. The quantitative estimate of drug-likeness (QED) is 0.628. The summed E-state index contributed by atoms with van der Waals surface area (Å²) in [6.45, 7) is 2.16. The molecule has 0 saturated carbocycles. The van der Waals surface area contributed by atoms with Gasteiger partial charge in [0.05, 0.1) is 0 Å². The summed E-state index contributed by atoms with van der Waals surface area (Å²) in [5.41, 5.74) is 6.74. The fraction of sp³-hybridized carbons (Fsp3) is 0.357. The monoisotopic (exact) mass is 326 g/mol. The van der Waals surface area contributed by atoms with E-state index in [-0.39, 0.29) is 18.3 Å². The maximum atomic E-state index is 12.0. The summed E-state index contributed by atoms with van der Waals surface area (Å²) in [6.07, 6.45) is 4.39. The number of aromatic nitrogens is 2. The standard InChI is InChI=1S/C14H18N4OS.ClH/c1-2-3-4-8-12-17-18-14(20-12)16-13(19)10-6-5-7-11(15)9-10;/h5-7,9H,2-4,8,15H2,1H3,(H,16,18,19);1H. The van der Waals surface area contributed by atoms with Gasteiger partial charge >= 0.3 is 0 Å². The molecule has 1 heterocycles. The lowest BCUT2D eigenvalue weighted by molar-refractivity contribution is 0.102. The Kier molecular flexibility index (Phi) is 7.11. The Morgan fingerprint density at radius 2 is 2.14 bits per heavy atom. The lowest BCUT2D eigenvalue weighted by Gasteiger charge is -2.01. The second kappa shape index (κ2) is 8.59. The van der Waals surface area contributed by atoms with Gasteiger partial charge in [0.25, 0.3) is 5.91 Å². The topological polar surface area (TPSA) is 80.9 Å². The van der Waals surface area contributed by atoms with E-state index in [4.69, 9.17) is 5.73 Å². The first kappa shape index (κ1) is 17.4. The van der Waals surface area contributed by atoms with E-state index in [2.05, 4.69) is 22.4 Å². The van der Waals surface area contributed by atoms with Crippen molar-refractivity contribution < 1.29 is 4.79 Å². The van der Waals surface area contributed by atoms with Gasteiger partial charge in [0.1, 0.15) is 5.01 Å². The third-order valence-electron chi connectivity index (χ3n) is 2.83.